The maximum Gasteiger partial charge on any atom is 0.133 e. The molecule has 1 unspecified atom stereocenters. The number of nitrogens with zero attached hydrogens (tertiary/aromatic N) is 2. The monoisotopic (exact) mass is 136 g/mol. The van der Waals surface area contributed by atoms with Crippen LogP contribution in [0.1, 0.15) is 26.7 Å². The molecule has 2 heteroatoms. The van der Waals surface area contributed by atoms with Crippen LogP contribution in [0.2, 0.25) is 0 Å². The molecular weight excluding hydrogens is 124 g/mol. The normalized spacial score (nSPS) is 12.1. The Labute approximate surface area is 62.1 Å². The molecule has 0 N–H and O–H groups in total. The first-order valence-electron chi connectivity index (χ1n) is 3.53. The van der Waals surface area contributed by atoms with Gasteiger partial charge in [-0.05, 0) is 12.3 Å². The molecule has 0 radical (unpaired) electrons. The Hall–Kier alpha value is -1.02. The average molecular weight is 136 g/mol. The van der Waals surface area contributed by atoms with Crippen LogP contribution >= 0.6 is 0 Å². The number of rotatable bonds is 3. The molecule has 0 heterocycles. The minimum Gasteiger partial charge on any atom is -0.197 e. The summed E-state index contributed by atoms with van der Waals surface area (Å²) in [7, 11) is 0. The van der Waals surface area contributed by atoms with Crippen molar-refractivity contribution in [3.63, 3.8) is 0 Å². The van der Waals surface area contributed by atoms with Crippen LogP contribution in [0.3, 0.4) is 0 Å². The fraction of sp³-hybridized carbons (Fsp3) is 0.750. The van der Waals surface area contributed by atoms with Gasteiger partial charge in [-0.25, -0.2) is 0 Å². The van der Waals surface area contributed by atoms with Gasteiger partial charge in [-0.1, -0.05) is 20.3 Å². The highest BCUT2D eigenvalue weighted by molar-refractivity contribution is 4.99. The third kappa shape index (κ3) is 3.10. The van der Waals surface area contributed by atoms with Crippen LogP contribution < -0.4 is 0 Å². The molecular formula is C8H12N2. The Morgan fingerprint density at radius 3 is 2.10 bits per heavy atom. The molecule has 0 bridgehead atoms. The van der Waals surface area contributed by atoms with E-state index < -0.39 is 5.92 Å². The van der Waals surface area contributed by atoms with Crippen molar-refractivity contribution in [2.24, 2.45) is 11.8 Å². The van der Waals surface area contributed by atoms with E-state index in [4.69, 9.17) is 10.5 Å². The smallest absolute Gasteiger partial charge is 0.133 e. The second kappa shape index (κ2) is 4.82. The van der Waals surface area contributed by atoms with Gasteiger partial charge in [-0.3, -0.25) is 0 Å². The molecule has 10 heavy (non-hydrogen) atoms. The summed E-state index contributed by atoms with van der Waals surface area (Å²) in [4.78, 5) is 0. The molecule has 0 saturated heterocycles. The lowest BCUT2D eigenvalue weighted by Crippen LogP contribution is -2.00. The first-order chi connectivity index (χ1) is 4.74. The summed E-state index contributed by atoms with van der Waals surface area (Å²) >= 11 is 0. The molecule has 54 valence electrons. The van der Waals surface area contributed by atoms with Crippen molar-refractivity contribution < 1.29 is 0 Å². The summed E-state index contributed by atoms with van der Waals surface area (Å²) in [5, 5.41) is 16.8. The van der Waals surface area contributed by atoms with Crippen molar-refractivity contribution in [3.05, 3.63) is 0 Å². The van der Waals surface area contributed by atoms with E-state index in [-0.39, 0.29) is 0 Å². The van der Waals surface area contributed by atoms with E-state index >= 15 is 0 Å². The molecule has 0 aromatic rings. The van der Waals surface area contributed by atoms with E-state index in [1.165, 1.54) is 0 Å². The quantitative estimate of drug-likeness (QED) is 0.596. The fourth-order valence-corrected chi connectivity index (χ4v) is 0.703. The standard InChI is InChI=1S/C8H12N2/c1-3-7(2)4-8(5-9)6-10/h7-8H,3-4H2,1-2H3. The van der Waals surface area contributed by atoms with E-state index in [0.717, 1.165) is 6.42 Å². The molecule has 1 atom stereocenters. The molecule has 0 aliphatic rings. The van der Waals surface area contributed by atoms with Crippen LogP contribution in [0, 0.1) is 34.5 Å². The van der Waals surface area contributed by atoms with Gasteiger partial charge in [0.1, 0.15) is 5.92 Å². The minimum atomic E-state index is -0.407. The highest BCUT2D eigenvalue weighted by atomic mass is 14.3. The zero-order valence-electron chi connectivity index (χ0n) is 6.46. The third-order valence-electron chi connectivity index (χ3n) is 1.65. The molecule has 0 rings (SSSR count). The summed E-state index contributed by atoms with van der Waals surface area (Å²) in [5.74, 6) is 0.0826. The van der Waals surface area contributed by atoms with Crippen molar-refractivity contribution in [2.45, 2.75) is 26.7 Å². The summed E-state index contributed by atoms with van der Waals surface area (Å²) in [6, 6.07) is 3.91. The van der Waals surface area contributed by atoms with Gasteiger partial charge in [0, 0.05) is 0 Å². The summed E-state index contributed by atoms with van der Waals surface area (Å²) in [5.41, 5.74) is 0. The van der Waals surface area contributed by atoms with Gasteiger partial charge in [0.05, 0.1) is 12.1 Å². The number of nitriles is 2. The summed E-state index contributed by atoms with van der Waals surface area (Å²) in [6.07, 6.45) is 1.75. The minimum absolute atomic E-state index is 0.407. The second-order valence-corrected chi connectivity index (χ2v) is 2.56. The van der Waals surface area contributed by atoms with Gasteiger partial charge in [0.25, 0.3) is 0 Å². The Morgan fingerprint density at radius 2 is 1.80 bits per heavy atom. The lowest BCUT2D eigenvalue weighted by Gasteiger charge is -2.06. The van der Waals surface area contributed by atoms with E-state index in [9.17, 15) is 0 Å². The molecule has 0 fully saturated rings. The molecule has 0 amide bonds. The van der Waals surface area contributed by atoms with Crippen LogP contribution in [0.25, 0.3) is 0 Å². The zero-order chi connectivity index (χ0) is 7.98. The maximum absolute atomic E-state index is 8.40. The van der Waals surface area contributed by atoms with Gasteiger partial charge in [-0.15, -0.1) is 0 Å². The highest BCUT2D eigenvalue weighted by Gasteiger charge is 2.08. The van der Waals surface area contributed by atoms with Crippen LogP contribution in [0.4, 0.5) is 0 Å². The Morgan fingerprint density at radius 1 is 1.30 bits per heavy atom. The SMILES string of the molecule is CCC(C)CC(C#N)C#N. The predicted molar refractivity (Wildman–Crippen MR) is 38.8 cm³/mol. The van der Waals surface area contributed by atoms with Crippen molar-refractivity contribution >= 4 is 0 Å². The Bertz CT molecular complexity index is 147. The van der Waals surface area contributed by atoms with Crippen molar-refractivity contribution in [2.75, 3.05) is 0 Å². The van der Waals surface area contributed by atoms with Gasteiger partial charge < -0.3 is 0 Å². The van der Waals surface area contributed by atoms with E-state index in [2.05, 4.69) is 13.8 Å². The lowest BCUT2D eigenvalue weighted by atomic mass is 9.96. The summed E-state index contributed by atoms with van der Waals surface area (Å²) < 4.78 is 0. The largest absolute Gasteiger partial charge is 0.197 e. The highest BCUT2D eigenvalue weighted by Crippen LogP contribution is 2.13. The topological polar surface area (TPSA) is 47.6 Å². The van der Waals surface area contributed by atoms with Crippen LogP contribution in [-0.4, -0.2) is 0 Å². The molecule has 0 saturated carbocycles. The van der Waals surface area contributed by atoms with Gasteiger partial charge >= 0.3 is 0 Å². The second-order valence-electron chi connectivity index (χ2n) is 2.56. The third-order valence-corrected chi connectivity index (χ3v) is 1.65. The van der Waals surface area contributed by atoms with Crippen LogP contribution in [-0.2, 0) is 0 Å². The van der Waals surface area contributed by atoms with E-state index in [1.54, 1.807) is 0 Å². The van der Waals surface area contributed by atoms with E-state index in [1.807, 2.05) is 12.1 Å². The first-order valence-corrected chi connectivity index (χ1v) is 3.53. The summed E-state index contributed by atoms with van der Waals surface area (Å²) in [6.45, 7) is 4.12. The van der Waals surface area contributed by atoms with Gasteiger partial charge in [0.15, 0.2) is 0 Å². The number of hydrogen-bond acceptors (Lipinski definition) is 2. The van der Waals surface area contributed by atoms with Crippen molar-refractivity contribution in [3.8, 4) is 12.1 Å². The van der Waals surface area contributed by atoms with Gasteiger partial charge in [-0.2, -0.15) is 10.5 Å². The molecule has 0 aromatic carbocycles. The fourth-order valence-electron chi connectivity index (χ4n) is 0.703. The lowest BCUT2D eigenvalue weighted by molar-refractivity contribution is 0.486. The molecule has 0 aliphatic heterocycles. The Balaban J connectivity index is 3.69. The predicted octanol–water partition coefficient (Wildman–Crippen LogP) is 2.09. The Kier molecular flexibility index (Phi) is 4.33. The molecule has 0 spiro atoms. The maximum atomic E-state index is 8.40. The van der Waals surface area contributed by atoms with E-state index in [0.29, 0.717) is 12.3 Å². The average Bonchev–Trinajstić information content (AvgIpc) is 1.99. The van der Waals surface area contributed by atoms with Crippen LogP contribution in [0.15, 0.2) is 0 Å². The van der Waals surface area contributed by atoms with Crippen molar-refractivity contribution in [1.29, 1.82) is 10.5 Å². The molecule has 2 nitrogen and oxygen atoms in total. The first kappa shape index (κ1) is 8.98. The van der Waals surface area contributed by atoms with Crippen LogP contribution in [0.5, 0.6) is 0 Å². The molecule has 0 aliphatic carbocycles. The van der Waals surface area contributed by atoms with Crippen molar-refractivity contribution in [1.82, 2.24) is 0 Å². The van der Waals surface area contributed by atoms with Gasteiger partial charge in [0.2, 0.25) is 0 Å². The number of hydrogen-bond donors (Lipinski definition) is 0. The zero-order valence-corrected chi connectivity index (χ0v) is 6.46. The molecule has 0 aromatic heterocycles.